The van der Waals surface area contributed by atoms with Gasteiger partial charge in [-0.1, -0.05) is 42.5 Å². The summed E-state index contributed by atoms with van der Waals surface area (Å²) in [5.41, 5.74) is 1.90. The van der Waals surface area contributed by atoms with Crippen molar-refractivity contribution in [2.45, 2.75) is 17.2 Å². The molecule has 0 unspecified atom stereocenters. The normalized spacial score (nSPS) is 13.7. The third-order valence-corrected chi connectivity index (χ3v) is 4.13. The molecule has 0 saturated carbocycles. The summed E-state index contributed by atoms with van der Waals surface area (Å²) in [6.45, 7) is 0. The van der Waals surface area contributed by atoms with E-state index in [0.29, 0.717) is 0 Å². The standard InChI is InChI=1S/C16H16O3S/c1-20(19)14-9-7-13(8-10-14)15(11-16(17)18)12-5-3-2-4-6-12/h2-10,15H,11H2,1H3,(H,17,18)/t15-,20+/m1/s1. The first-order valence-corrected chi connectivity index (χ1v) is 7.84. The van der Waals surface area contributed by atoms with Crippen LogP contribution in [0.5, 0.6) is 0 Å². The molecule has 0 saturated heterocycles. The number of carboxylic acids is 1. The van der Waals surface area contributed by atoms with E-state index in [2.05, 4.69) is 0 Å². The van der Waals surface area contributed by atoms with Crippen molar-refractivity contribution < 1.29 is 14.1 Å². The largest absolute Gasteiger partial charge is 0.481 e. The Bertz CT molecular complexity index is 605. The Hall–Kier alpha value is -1.94. The van der Waals surface area contributed by atoms with E-state index in [1.54, 1.807) is 18.4 Å². The van der Waals surface area contributed by atoms with Gasteiger partial charge >= 0.3 is 5.97 Å². The van der Waals surface area contributed by atoms with Crippen LogP contribution in [0, 0.1) is 0 Å². The number of carbonyl (C=O) groups is 1. The highest BCUT2D eigenvalue weighted by Crippen LogP contribution is 2.28. The summed E-state index contributed by atoms with van der Waals surface area (Å²) in [6.07, 6.45) is 1.67. The van der Waals surface area contributed by atoms with Gasteiger partial charge in [-0.15, -0.1) is 0 Å². The minimum absolute atomic E-state index is 0.0403. The van der Waals surface area contributed by atoms with Crippen LogP contribution in [-0.2, 0) is 15.6 Å². The Balaban J connectivity index is 2.36. The lowest BCUT2D eigenvalue weighted by Gasteiger charge is -2.16. The maximum absolute atomic E-state index is 11.4. The van der Waals surface area contributed by atoms with Gasteiger partial charge < -0.3 is 5.11 Å². The zero-order valence-electron chi connectivity index (χ0n) is 11.2. The molecule has 0 aliphatic carbocycles. The van der Waals surface area contributed by atoms with Crippen molar-refractivity contribution >= 4 is 16.8 Å². The van der Waals surface area contributed by atoms with E-state index in [-0.39, 0.29) is 12.3 Å². The van der Waals surface area contributed by atoms with Crippen LogP contribution in [0.25, 0.3) is 0 Å². The van der Waals surface area contributed by atoms with Crippen molar-refractivity contribution in [3.05, 3.63) is 65.7 Å². The second kappa shape index (κ2) is 6.48. The second-order valence-electron chi connectivity index (χ2n) is 4.58. The minimum Gasteiger partial charge on any atom is -0.481 e. The van der Waals surface area contributed by atoms with E-state index in [1.165, 1.54) is 0 Å². The summed E-state index contributed by atoms with van der Waals surface area (Å²) in [5, 5.41) is 9.10. The quantitative estimate of drug-likeness (QED) is 0.920. The first-order valence-electron chi connectivity index (χ1n) is 6.28. The summed E-state index contributed by atoms with van der Waals surface area (Å²) in [7, 11) is -1.02. The van der Waals surface area contributed by atoms with Gasteiger partial charge in [0.25, 0.3) is 0 Å². The van der Waals surface area contributed by atoms with Crippen LogP contribution in [0.15, 0.2) is 59.5 Å². The van der Waals surface area contributed by atoms with Gasteiger partial charge in [0.2, 0.25) is 0 Å². The van der Waals surface area contributed by atoms with Gasteiger partial charge in [0, 0.05) is 27.9 Å². The first-order chi connectivity index (χ1) is 9.58. The molecule has 0 heterocycles. The maximum Gasteiger partial charge on any atom is 0.304 e. The molecule has 20 heavy (non-hydrogen) atoms. The van der Waals surface area contributed by atoms with Gasteiger partial charge in [0.1, 0.15) is 0 Å². The van der Waals surface area contributed by atoms with Crippen LogP contribution in [0.1, 0.15) is 23.5 Å². The predicted octanol–water partition coefficient (Wildman–Crippen LogP) is 3.03. The maximum atomic E-state index is 11.4. The van der Waals surface area contributed by atoms with Crippen molar-refractivity contribution in [2.75, 3.05) is 6.26 Å². The minimum atomic E-state index is -1.02. The van der Waals surface area contributed by atoms with E-state index in [9.17, 15) is 9.00 Å². The molecule has 2 rings (SSSR count). The lowest BCUT2D eigenvalue weighted by molar-refractivity contribution is -0.137. The molecule has 3 nitrogen and oxygen atoms in total. The summed E-state index contributed by atoms with van der Waals surface area (Å²) in [4.78, 5) is 11.8. The van der Waals surface area contributed by atoms with E-state index < -0.39 is 16.8 Å². The molecular formula is C16H16O3S. The molecule has 1 N–H and O–H groups in total. The van der Waals surface area contributed by atoms with Crippen LogP contribution in [0.4, 0.5) is 0 Å². The number of hydrogen-bond acceptors (Lipinski definition) is 2. The summed E-state index contributed by atoms with van der Waals surface area (Å²) >= 11 is 0. The van der Waals surface area contributed by atoms with Gasteiger partial charge in [-0.25, -0.2) is 0 Å². The van der Waals surface area contributed by atoms with Crippen molar-refractivity contribution in [2.24, 2.45) is 0 Å². The first kappa shape index (κ1) is 14.5. The molecule has 0 radical (unpaired) electrons. The molecule has 2 aromatic rings. The van der Waals surface area contributed by atoms with E-state index in [0.717, 1.165) is 16.0 Å². The van der Waals surface area contributed by atoms with Crippen LogP contribution >= 0.6 is 0 Å². The van der Waals surface area contributed by atoms with E-state index >= 15 is 0 Å². The van der Waals surface area contributed by atoms with E-state index in [4.69, 9.17) is 5.11 Å². The molecule has 2 atom stereocenters. The molecule has 0 aliphatic rings. The highest BCUT2D eigenvalue weighted by atomic mass is 32.2. The fraction of sp³-hybridized carbons (Fsp3) is 0.188. The Kier molecular flexibility index (Phi) is 4.69. The number of carboxylic acid groups (broad SMARTS) is 1. The SMILES string of the molecule is C[S@](=O)c1ccc([C@H](CC(=O)O)c2ccccc2)cc1. The van der Waals surface area contributed by atoms with Crippen molar-refractivity contribution in [3.63, 3.8) is 0 Å². The van der Waals surface area contributed by atoms with Crippen molar-refractivity contribution in [1.82, 2.24) is 0 Å². The zero-order chi connectivity index (χ0) is 14.5. The fourth-order valence-electron chi connectivity index (χ4n) is 2.18. The topological polar surface area (TPSA) is 54.4 Å². The highest BCUT2D eigenvalue weighted by molar-refractivity contribution is 7.84. The van der Waals surface area contributed by atoms with Crippen LogP contribution in [-0.4, -0.2) is 21.5 Å². The van der Waals surface area contributed by atoms with Crippen LogP contribution < -0.4 is 0 Å². The van der Waals surface area contributed by atoms with Gasteiger partial charge in [-0.3, -0.25) is 9.00 Å². The van der Waals surface area contributed by atoms with Crippen molar-refractivity contribution in [1.29, 1.82) is 0 Å². The predicted molar refractivity (Wildman–Crippen MR) is 79.3 cm³/mol. The third kappa shape index (κ3) is 3.54. The lowest BCUT2D eigenvalue weighted by Crippen LogP contribution is -2.08. The molecule has 0 spiro atoms. The number of rotatable bonds is 5. The van der Waals surface area contributed by atoms with Gasteiger partial charge in [0.15, 0.2) is 0 Å². The summed E-state index contributed by atoms with van der Waals surface area (Å²) < 4.78 is 11.4. The molecular weight excluding hydrogens is 272 g/mol. The van der Waals surface area contributed by atoms with E-state index in [1.807, 2.05) is 42.5 Å². The fourth-order valence-corrected chi connectivity index (χ4v) is 2.70. The summed E-state index contributed by atoms with van der Waals surface area (Å²) in [6, 6.07) is 16.9. The second-order valence-corrected chi connectivity index (χ2v) is 5.96. The Morgan fingerprint density at radius 1 is 1.05 bits per heavy atom. The molecule has 0 aliphatic heterocycles. The van der Waals surface area contributed by atoms with Crippen LogP contribution in [0.2, 0.25) is 0 Å². The monoisotopic (exact) mass is 288 g/mol. The zero-order valence-corrected chi connectivity index (χ0v) is 12.0. The lowest BCUT2D eigenvalue weighted by atomic mass is 9.89. The molecule has 0 aromatic heterocycles. The number of aliphatic carboxylic acids is 1. The Morgan fingerprint density at radius 2 is 1.60 bits per heavy atom. The smallest absolute Gasteiger partial charge is 0.304 e. The van der Waals surface area contributed by atoms with Gasteiger partial charge in [-0.2, -0.15) is 0 Å². The van der Waals surface area contributed by atoms with Gasteiger partial charge in [0.05, 0.1) is 6.42 Å². The number of benzene rings is 2. The van der Waals surface area contributed by atoms with Crippen LogP contribution in [0.3, 0.4) is 0 Å². The highest BCUT2D eigenvalue weighted by Gasteiger charge is 2.17. The molecule has 104 valence electrons. The van der Waals surface area contributed by atoms with Crippen molar-refractivity contribution in [3.8, 4) is 0 Å². The average Bonchev–Trinajstić information content (AvgIpc) is 2.45. The molecule has 4 heteroatoms. The third-order valence-electron chi connectivity index (χ3n) is 3.20. The average molecular weight is 288 g/mol. The molecule has 0 fully saturated rings. The summed E-state index contributed by atoms with van der Waals surface area (Å²) in [5.74, 6) is -1.02. The molecule has 0 amide bonds. The van der Waals surface area contributed by atoms with Gasteiger partial charge in [-0.05, 0) is 23.3 Å². The molecule has 0 bridgehead atoms. The molecule has 2 aromatic carbocycles. The Labute approximate surface area is 120 Å². The number of hydrogen-bond donors (Lipinski definition) is 1. The Morgan fingerprint density at radius 3 is 2.10 bits per heavy atom.